The molecule has 0 spiro atoms. The highest BCUT2D eigenvalue weighted by atomic mass is 32.2. The van der Waals surface area contributed by atoms with Gasteiger partial charge in [-0.05, 0) is 12.7 Å². The highest BCUT2D eigenvalue weighted by Crippen LogP contribution is 2.16. The van der Waals surface area contributed by atoms with Gasteiger partial charge < -0.3 is 4.98 Å². The van der Waals surface area contributed by atoms with Gasteiger partial charge in [-0.15, -0.1) is 10.2 Å². The van der Waals surface area contributed by atoms with Crippen LogP contribution < -0.4 is 10.9 Å². The zero-order valence-electron chi connectivity index (χ0n) is 11.0. The van der Waals surface area contributed by atoms with Crippen LogP contribution in [0.2, 0.25) is 0 Å². The smallest absolute Gasteiger partial charge is 0.276 e. The number of carbonyl (C=O) groups excluding carboxylic acids is 1. The molecule has 1 amide bonds. The van der Waals surface area contributed by atoms with E-state index in [1.54, 1.807) is 0 Å². The first kappa shape index (κ1) is 14.7. The number of hydrogen-bond acceptors (Lipinski definition) is 7. The van der Waals surface area contributed by atoms with Gasteiger partial charge in [0.2, 0.25) is 5.13 Å². The molecule has 0 saturated carbocycles. The highest BCUT2D eigenvalue weighted by molar-refractivity contribution is 7.97. The summed E-state index contributed by atoms with van der Waals surface area (Å²) in [5.74, 6) is 0.550. The van der Waals surface area contributed by atoms with E-state index in [-0.39, 0.29) is 11.3 Å². The molecule has 0 unspecified atom stereocenters. The van der Waals surface area contributed by atoms with Crippen LogP contribution in [0.5, 0.6) is 0 Å². The number of aryl methyl sites for hydroxylation is 1. The van der Waals surface area contributed by atoms with Crippen LogP contribution in [0.3, 0.4) is 0 Å². The predicted molar refractivity (Wildman–Crippen MR) is 79.3 cm³/mol. The number of amides is 1. The minimum Gasteiger partial charge on any atom is -0.310 e. The zero-order valence-corrected chi connectivity index (χ0v) is 12.6. The SMILES string of the molecule is CCc1nnc(NC(=O)c2cc(=O)[nH]c(CSC)n2)s1. The van der Waals surface area contributed by atoms with Crippen molar-refractivity contribution in [3.63, 3.8) is 0 Å². The number of rotatable bonds is 5. The normalized spacial score (nSPS) is 10.5. The van der Waals surface area contributed by atoms with E-state index in [1.807, 2.05) is 13.2 Å². The third-order valence-electron chi connectivity index (χ3n) is 2.29. The summed E-state index contributed by atoms with van der Waals surface area (Å²) >= 11 is 2.81. The lowest BCUT2D eigenvalue weighted by Gasteiger charge is -2.02. The van der Waals surface area contributed by atoms with Gasteiger partial charge in [0.1, 0.15) is 16.5 Å². The van der Waals surface area contributed by atoms with Crippen LogP contribution in [0.1, 0.15) is 28.2 Å². The number of hydrogen-bond donors (Lipinski definition) is 2. The van der Waals surface area contributed by atoms with Crippen molar-refractivity contribution >= 4 is 34.1 Å². The largest absolute Gasteiger partial charge is 0.310 e. The maximum absolute atomic E-state index is 12.0. The summed E-state index contributed by atoms with van der Waals surface area (Å²) in [5.41, 5.74) is -0.272. The van der Waals surface area contributed by atoms with E-state index in [4.69, 9.17) is 0 Å². The minimum atomic E-state index is -0.461. The van der Waals surface area contributed by atoms with E-state index in [9.17, 15) is 9.59 Å². The van der Waals surface area contributed by atoms with E-state index < -0.39 is 5.91 Å². The summed E-state index contributed by atoms with van der Waals surface area (Å²) in [5, 5.41) is 11.6. The van der Waals surface area contributed by atoms with Crippen molar-refractivity contribution in [1.29, 1.82) is 0 Å². The first-order valence-electron chi connectivity index (χ1n) is 5.85. The number of nitrogens with zero attached hydrogens (tertiary/aromatic N) is 3. The van der Waals surface area contributed by atoms with Crippen molar-refractivity contribution in [2.45, 2.75) is 19.1 Å². The lowest BCUT2D eigenvalue weighted by molar-refractivity contribution is 0.102. The molecular weight excluding hydrogens is 298 g/mol. The van der Waals surface area contributed by atoms with Crippen LogP contribution in [0.25, 0.3) is 0 Å². The molecule has 0 fully saturated rings. The molecule has 0 aromatic carbocycles. The van der Waals surface area contributed by atoms with E-state index in [0.717, 1.165) is 11.4 Å². The van der Waals surface area contributed by atoms with E-state index in [2.05, 4.69) is 25.5 Å². The molecule has 0 aliphatic rings. The van der Waals surface area contributed by atoms with Crippen molar-refractivity contribution in [2.75, 3.05) is 11.6 Å². The molecule has 0 bridgehead atoms. The lowest BCUT2D eigenvalue weighted by Crippen LogP contribution is -2.20. The Morgan fingerprint density at radius 1 is 1.50 bits per heavy atom. The van der Waals surface area contributed by atoms with E-state index >= 15 is 0 Å². The average Bonchev–Trinajstić information content (AvgIpc) is 2.86. The van der Waals surface area contributed by atoms with Crippen LogP contribution in [-0.4, -0.2) is 32.3 Å². The maximum atomic E-state index is 12.0. The second-order valence-electron chi connectivity index (χ2n) is 3.82. The van der Waals surface area contributed by atoms with Crippen LogP contribution in [0, 0.1) is 0 Å². The Hall–Kier alpha value is -1.74. The van der Waals surface area contributed by atoms with Crippen LogP contribution in [0.4, 0.5) is 5.13 Å². The lowest BCUT2D eigenvalue weighted by atomic mass is 10.4. The second kappa shape index (κ2) is 6.62. The molecule has 2 N–H and O–H groups in total. The van der Waals surface area contributed by atoms with Crippen molar-refractivity contribution in [1.82, 2.24) is 20.2 Å². The van der Waals surface area contributed by atoms with Crippen molar-refractivity contribution in [2.24, 2.45) is 0 Å². The van der Waals surface area contributed by atoms with Crippen molar-refractivity contribution in [3.05, 3.63) is 32.9 Å². The molecule has 0 radical (unpaired) electrons. The topological polar surface area (TPSA) is 101 Å². The molecule has 2 aromatic heterocycles. The first-order valence-corrected chi connectivity index (χ1v) is 8.06. The van der Waals surface area contributed by atoms with E-state index in [0.29, 0.717) is 16.7 Å². The fraction of sp³-hybridized carbons (Fsp3) is 0.364. The molecule has 0 aliphatic carbocycles. The number of nitrogens with one attached hydrogen (secondary N) is 2. The van der Waals surface area contributed by atoms with Gasteiger partial charge in [0, 0.05) is 6.07 Å². The summed E-state index contributed by atoms with van der Waals surface area (Å²) in [6, 6.07) is 1.17. The molecule has 9 heteroatoms. The number of H-pyrrole nitrogens is 1. The molecule has 106 valence electrons. The zero-order chi connectivity index (χ0) is 14.5. The number of anilines is 1. The molecule has 0 atom stereocenters. The van der Waals surface area contributed by atoms with Gasteiger partial charge in [0.25, 0.3) is 11.5 Å². The molecule has 2 rings (SSSR count). The van der Waals surface area contributed by atoms with Gasteiger partial charge in [0.05, 0.1) is 5.75 Å². The summed E-state index contributed by atoms with van der Waals surface area (Å²) in [6.45, 7) is 1.96. The third-order valence-corrected chi connectivity index (χ3v) is 3.84. The van der Waals surface area contributed by atoms with Gasteiger partial charge in [-0.1, -0.05) is 18.3 Å². The number of aromatic amines is 1. The Balaban J connectivity index is 2.18. The first-order chi connectivity index (χ1) is 9.62. The fourth-order valence-electron chi connectivity index (χ4n) is 1.44. The Morgan fingerprint density at radius 3 is 2.95 bits per heavy atom. The van der Waals surface area contributed by atoms with Gasteiger partial charge in [-0.25, -0.2) is 4.98 Å². The second-order valence-corrected chi connectivity index (χ2v) is 5.75. The molecule has 7 nitrogen and oxygen atoms in total. The highest BCUT2D eigenvalue weighted by Gasteiger charge is 2.13. The average molecular weight is 311 g/mol. The quantitative estimate of drug-likeness (QED) is 0.863. The van der Waals surface area contributed by atoms with Gasteiger partial charge in [-0.2, -0.15) is 11.8 Å². The standard InChI is InChI=1S/C11H13N5O2S2/c1-3-9-15-16-11(20-9)14-10(18)6-4-8(17)13-7(12-6)5-19-2/h4H,3,5H2,1-2H3,(H,12,13,17)(H,14,16,18). The Morgan fingerprint density at radius 2 is 2.30 bits per heavy atom. The maximum Gasteiger partial charge on any atom is 0.276 e. The number of thioether (sulfide) groups is 1. The van der Waals surface area contributed by atoms with Crippen molar-refractivity contribution < 1.29 is 4.79 Å². The van der Waals surface area contributed by atoms with Gasteiger partial charge in [0.15, 0.2) is 0 Å². The third kappa shape index (κ3) is 3.64. The van der Waals surface area contributed by atoms with Gasteiger partial charge >= 0.3 is 0 Å². The Bertz CT molecular complexity index is 667. The predicted octanol–water partition coefficient (Wildman–Crippen LogP) is 1.30. The molecule has 0 saturated heterocycles. The summed E-state index contributed by atoms with van der Waals surface area (Å²) < 4.78 is 0. The minimum absolute atomic E-state index is 0.0750. The Kier molecular flexibility index (Phi) is 4.85. The molecule has 20 heavy (non-hydrogen) atoms. The summed E-state index contributed by atoms with van der Waals surface area (Å²) in [4.78, 5) is 30.2. The fourth-order valence-corrected chi connectivity index (χ4v) is 2.52. The summed E-state index contributed by atoms with van der Waals surface area (Å²) in [6.07, 6.45) is 2.65. The van der Waals surface area contributed by atoms with Crippen molar-refractivity contribution in [3.8, 4) is 0 Å². The van der Waals surface area contributed by atoms with Crippen LogP contribution in [0.15, 0.2) is 10.9 Å². The summed E-state index contributed by atoms with van der Waals surface area (Å²) in [7, 11) is 0. The monoisotopic (exact) mass is 311 g/mol. The molecular formula is C11H13N5O2S2. The number of aromatic nitrogens is 4. The molecule has 0 aliphatic heterocycles. The van der Waals surface area contributed by atoms with Crippen LogP contribution >= 0.6 is 23.1 Å². The Labute approximate surface area is 123 Å². The molecule has 2 aromatic rings. The van der Waals surface area contributed by atoms with Gasteiger partial charge in [-0.3, -0.25) is 14.9 Å². The van der Waals surface area contributed by atoms with Crippen LogP contribution in [-0.2, 0) is 12.2 Å². The van der Waals surface area contributed by atoms with E-state index in [1.165, 1.54) is 29.2 Å². The number of carbonyl (C=O) groups is 1. The molecule has 2 heterocycles.